The first-order valence-corrected chi connectivity index (χ1v) is 5.36. The Morgan fingerprint density at radius 1 is 1.00 bits per heavy atom. The summed E-state index contributed by atoms with van der Waals surface area (Å²) in [6, 6.07) is 4.31. The zero-order chi connectivity index (χ0) is 11.0. The summed E-state index contributed by atoms with van der Waals surface area (Å²) < 4.78 is 0. The number of hydrogen-bond acceptors (Lipinski definition) is 2. The minimum atomic E-state index is 0.983. The number of fused-ring (bicyclic) bond motifs is 1. The molecule has 0 N–H and O–H groups in total. The smallest absolute Gasteiger partial charge is 0.0472 e. The van der Waals surface area contributed by atoms with Gasteiger partial charge in [-0.05, 0) is 44.7 Å². The van der Waals surface area contributed by atoms with Crippen LogP contribution in [-0.4, -0.2) is 9.97 Å². The highest BCUT2D eigenvalue weighted by Crippen LogP contribution is 2.21. The van der Waals surface area contributed by atoms with Gasteiger partial charge in [0.1, 0.15) is 0 Å². The van der Waals surface area contributed by atoms with E-state index < -0.39 is 0 Å². The quantitative estimate of drug-likeness (QED) is 0.706. The van der Waals surface area contributed by atoms with Crippen molar-refractivity contribution in [2.75, 3.05) is 0 Å². The molecule has 0 unspecified atom stereocenters. The summed E-state index contributed by atoms with van der Waals surface area (Å²) in [4.78, 5) is 9.05. The van der Waals surface area contributed by atoms with Crippen LogP contribution in [0.1, 0.15) is 29.7 Å². The number of aryl methyl sites for hydroxylation is 4. The molecule has 2 rings (SSSR count). The van der Waals surface area contributed by atoms with Crippen LogP contribution < -0.4 is 0 Å². The van der Waals surface area contributed by atoms with Crippen LogP contribution >= 0.6 is 0 Å². The molecule has 0 saturated carbocycles. The molecule has 2 heterocycles. The second kappa shape index (κ2) is 3.61. The lowest BCUT2D eigenvalue weighted by atomic mass is 10.1. The monoisotopic (exact) mass is 200 g/mol. The van der Waals surface area contributed by atoms with E-state index in [0.29, 0.717) is 0 Å². The first-order chi connectivity index (χ1) is 7.11. The summed E-state index contributed by atoms with van der Waals surface area (Å²) in [5.41, 5.74) is 4.41. The van der Waals surface area contributed by atoms with Crippen molar-refractivity contribution in [3.63, 3.8) is 0 Å². The molecule has 0 spiro atoms. The number of nitrogens with zero attached hydrogens (tertiary/aromatic N) is 2. The first-order valence-electron chi connectivity index (χ1n) is 5.36. The van der Waals surface area contributed by atoms with E-state index >= 15 is 0 Å². The molecule has 0 radical (unpaired) electrons. The zero-order valence-electron chi connectivity index (χ0n) is 9.76. The van der Waals surface area contributed by atoms with Crippen molar-refractivity contribution >= 4 is 10.8 Å². The summed E-state index contributed by atoms with van der Waals surface area (Å²) in [6.07, 6.45) is 0.983. The molecular formula is C13H16N2. The Hall–Kier alpha value is -1.44. The van der Waals surface area contributed by atoms with Crippen LogP contribution in [0.2, 0.25) is 0 Å². The van der Waals surface area contributed by atoms with Crippen molar-refractivity contribution in [1.29, 1.82) is 0 Å². The molecule has 0 saturated heterocycles. The van der Waals surface area contributed by atoms with Gasteiger partial charge in [0.05, 0.1) is 0 Å². The molecule has 2 nitrogen and oxygen atoms in total. The molecular weight excluding hydrogens is 184 g/mol. The Morgan fingerprint density at radius 3 is 2.33 bits per heavy atom. The third-order valence-corrected chi connectivity index (χ3v) is 2.72. The van der Waals surface area contributed by atoms with E-state index in [9.17, 15) is 0 Å². The van der Waals surface area contributed by atoms with Crippen LogP contribution in [-0.2, 0) is 6.42 Å². The van der Waals surface area contributed by atoms with Gasteiger partial charge < -0.3 is 0 Å². The molecule has 0 fully saturated rings. The topological polar surface area (TPSA) is 25.8 Å². The lowest BCUT2D eigenvalue weighted by Crippen LogP contribution is -1.96. The molecule has 2 aromatic rings. The summed E-state index contributed by atoms with van der Waals surface area (Å²) in [7, 11) is 0. The Kier molecular flexibility index (Phi) is 2.43. The second-order valence-corrected chi connectivity index (χ2v) is 4.00. The highest BCUT2D eigenvalue weighted by Gasteiger charge is 2.06. The molecule has 78 valence electrons. The van der Waals surface area contributed by atoms with E-state index in [0.717, 1.165) is 29.2 Å². The Bertz CT molecular complexity index is 515. The van der Waals surface area contributed by atoms with Crippen LogP contribution in [0.4, 0.5) is 0 Å². The summed E-state index contributed by atoms with van der Waals surface area (Å²) in [5, 5.41) is 2.47. The van der Waals surface area contributed by atoms with E-state index in [-0.39, 0.29) is 0 Å². The molecule has 2 aromatic heterocycles. The highest BCUT2D eigenvalue weighted by atomic mass is 14.7. The Labute approximate surface area is 90.4 Å². The van der Waals surface area contributed by atoms with Crippen molar-refractivity contribution in [3.8, 4) is 0 Å². The van der Waals surface area contributed by atoms with Crippen LogP contribution in [0, 0.1) is 20.8 Å². The van der Waals surface area contributed by atoms with Gasteiger partial charge in [0, 0.05) is 28.2 Å². The van der Waals surface area contributed by atoms with Gasteiger partial charge in [0.25, 0.3) is 0 Å². The van der Waals surface area contributed by atoms with Crippen LogP contribution in [0.25, 0.3) is 10.8 Å². The number of rotatable bonds is 1. The molecule has 0 aliphatic carbocycles. The molecule has 0 atom stereocenters. The SMILES string of the molecule is CCc1cc2cc(C)nc(C)c2c(C)n1. The molecule has 0 aliphatic heterocycles. The highest BCUT2D eigenvalue weighted by molar-refractivity contribution is 5.87. The molecule has 0 aromatic carbocycles. The summed E-state index contributed by atoms with van der Waals surface area (Å²) in [5.74, 6) is 0. The maximum Gasteiger partial charge on any atom is 0.0472 e. The Balaban J connectivity index is 2.85. The average Bonchev–Trinajstić information content (AvgIpc) is 2.15. The van der Waals surface area contributed by atoms with Crippen molar-refractivity contribution in [2.45, 2.75) is 34.1 Å². The maximum absolute atomic E-state index is 4.57. The summed E-state index contributed by atoms with van der Waals surface area (Å²) >= 11 is 0. The number of aromatic nitrogens is 2. The lowest BCUT2D eigenvalue weighted by Gasteiger charge is -2.08. The molecule has 0 amide bonds. The van der Waals surface area contributed by atoms with E-state index in [4.69, 9.17) is 0 Å². The average molecular weight is 200 g/mol. The number of hydrogen-bond donors (Lipinski definition) is 0. The Morgan fingerprint density at radius 2 is 1.67 bits per heavy atom. The van der Waals surface area contributed by atoms with Gasteiger partial charge in [-0.3, -0.25) is 9.97 Å². The first kappa shape index (κ1) is 10.1. The molecule has 2 heteroatoms. The van der Waals surface area contributed by atoms with E-state index in [1.165, 1.54) is 10.8 Å². The third kappa shape index (κ3) is 1.72. The van der Waals surface area contributed by atoms with Gasteiger partial charge in [-0.25, -0.2) is 0 Å². The van der Waals surface area contributed by atoms with Crippen molar-refractivity contribution in [2.24, 2.45) is 0 Å². The van der Waals surface area contributed by atoms with E-state index in [2.05, 4.69) is 42.9 Å². The number of pyridine rings is 2. The zero-order valence-corrected chi connectivity index (χ0v) is 9.76. The van der Waals surface area contributed by atoms with Gasteiger partial charge in [-0.15, -0.1) is 0 Å². The fourth-order valence-corrected chi connectivity index (χ4v) is 2.11. The minimum absolute atomic E-state index is 0.983. The maximum atomic E-state index is 4.57. The van der Waals surface area contributed by atoms with Gasteiger partial charge in [0.15, 0.2) is 0 Å². The minimum Gasteiger partial charge on any atom is -0.258 e. The van der Waals surface area contributed by atoms with Crippen molar-refractivity contribution in [3.05, 3.63) is 34.9 Å². The van der Waals surface area contributed by atoms with E-state index in [1.807, 2.05) is 6.92 Å². The second-order valence-electron chi connectivity index (χ2n) is 4.00. The van der Waals surface area contributed by atoms with Gasteiger partial charge in [-0.1, -0.05) is 6.92 Å². The predicted molar refractivity (Wildman–Crippen MR) is 63.1 cm³/mol. The van der Waals surface area contributed by atoms with Gasteiger partial charge in [0.2, 0.25) is 0 Å². The van der Waals surface area contributed by atoms with Crippen LogP contribution in [0.3, 0.4) is 0 Å². The largest absolute Gasteiger partial charge is 0.258 e. The third-order valence-electron chi connectivity index (χ3n) is 2.72. The predicted octanol–water partition coefficient (Wildman–Crippen LogP) is 3.12. The standard InChI is InChI=1S/C13H16N2/c1-5-12-7-11-6-8(2)14-9(3)13(11)10(4)15-12/h6-7H,5H2,1-4H3. The van der Waals surface area contributed by atoms with E-state index in [1.54, 1.807) is 0 Å². The normalized spacial score (nSPS) is 10.9. The van der Waals surface area contributed by atoms with Crippen molar-refractivity contribution in [1.82, 2.24) is 9.97 Å². The molecule has 0 aliphatic rings. The van der Waals surface area contributed by atoms with Gasteiger partial charge in [-0.2, -0.15) is 0 Å². The fraction of sp³-hybridized carbons (Fsp3) is 0.385. The fourth-order valence-electron chi connectivity index (χ4n) is 2.11. The lowest BCUT2D eigenvalue weighted by molar-refractivity contribution is 1.01. The van der Waals surface area contributed by atoms with Gasteiger partial charge >= 0.3 is 0 Å². The van der Waals surface area contributed by atoms with Crippen LogP contribution in [0.5, 0.6) is 0 Å². The summed E-state index contributed by atoms with van der Waals surface area (Å²) in [6.45, 7) is 8.28. The van der Waals surface area contributed by atoms with Crippen molar-refractivity contribution < 1.29 is 0 Å². The molecule has 0 bridgehead atoms. The molecule has 15 heavy (non-hydrogen) atoms. The van der Waals surface area contributed by atoms with Crippen LogP contribution in [0.15, 0.2) is 12.1 Å².